The first-order valence-corrected chi connectivity index (χ1v) is 7.54. The molecule has 0 aliphatic heterocycles. The molecule has 1 unspecified atom stereocenters. The molecule has 1 aromatic carbocycles. The average Bonchev–Trinajstić information content (AvgIpc) is 2.90. The van der Waals surface area contributed by atoms with Crippen LogP contribution in [0.4, 0.5) is 9.39 Å². The molecule has 112 valence electrons. The summed E-state index contributed by atoms with van der Waals surface area (Å²) < 4.78 is 18.6. The second-order valence-corrected chi connectivity index (χ2v) is 5.48. The molecule has 0 amide bonds. The van der Waals surface area contributed by atoms with Crippen LogP contribution < -0.4 is 5.32 Å². The molecule has 2 rings (SSSR count). The van der Waals surface area contributed by atoms with Crippen molar-refractivity contribution in [1.29, 1.82) is 0 Å². The number of ether oxygens (including phenoxy) is 1. The summed E-state index contributed by atoms with van der Waals surface area (Å²) in [6.07, 6.45) is 0. The number of thiazole rings is 1. The molecule has 1 N–H and O–H groups in total. The van der Waals surface area contributed by atoms with Crippen LogP contribution >= 0.6 is 11.3 Å². The number of benzene rings is 1. The predicted molar refractivity (Wildman–Crippen MR) is 81.2 cm³/mol. The van der Waals surface area contributed by atoms with Gasteiger partial charge in [-0.2, -0.15) is 0 Å². The molecule has 21 heavy (non-hydrogen) atoms. The first-order valence-electron chi connectivity index (χ1n) is 6.66. The molecule has 0 aliphatic rings. The van der Waals surface area contributed by atoms with Crippen LogP contribution in [0.25, 0.3) is 0 Å². The Morgan fingerprint density at radius 2 is 2.29 bits per heavy atom. The molecule has 0 fully saturated rings. The molecule has 1 heterocycles. The first-order chi connectivity index (χ1) is 10.0. The van der Waals surface area contributed by atoms with Crippen molar-refractivity contribution in [3.05, 3.63) is 46.3 Å². The van der Waals surface area contributed by atoms with Crippen molar-refractivity contribution in [2.24, 2.45) is 0 Å². The van der Waals surface area contributed by atoms with E-state index < -0.39 is 5.97 Å². The highest BCUT2D eigenvalue weighted by atomic mass is 32.1. The molecular weight excluding hydrogens is 291 g/mol. The van der Waals surface area contributed by atoms with E-state index in [1.807, 2.05) is 13.0 Å². The minimum absolute atomic E-state index is 0.145. The number of rotatable bonds is 5. The Hall–Kier alpha value is -1.95. The number of carbonyl (C=O) groups excluding carboxylic acids is 1. The van der Waals surface area contributed by atoms with Gasteiger partial charge in [-0.25, -0.2) is 14.2 Å². The summed E-state index contributed by atoms with van der Waals surface area (Å²) in [5, 5.41) is 3.81. The molecule has 1 aromatic heterocycles. The molecule has 4 nitrogen and oxygen atoms in total. The zero-order valence-corrected chi connectivity index (χ0v) is 13.0. The normalized spacial score (nSPS) is 12.0. The number of aryl methyl sites for hydroxylation is 1. The molecule has 0 spiro atoms. The van der Waals surface area contributed by atoms with E-state index in [-0.39, 0.29) is 17.6 Å². The van der Waals surface area contributed by atoms with E-state index in [2.05, 4.69) is 10.3 Å². The Balaban J connectivity index is 2.16. The Morgan fingerprint density at radius 3 is 2.95 bits per heavy atom. The van der Waals surface area contributed by atoms with E-state index in [1.54, 1.807) is 25.4 Å². The molecule has 0 radical (unpaired) electrons. The highest BCUT2D eigenvalue weighted by Crippen LogP contribution is 2.27. The predicted octanol–water partition coefficient (Wildman–Crippen LogP) is 3.94. The van der Waals surface area contributed by atoms with Crippen LogP contribution in [0.3, 0.4) is 0 Å². The third kappa shape index (κ3) is 3.58. The lowest BCUT2D eigenvalue weighted by Gasteiger charge is -2.15. The maximum atomic E-state index is 13.6. The van der Waals surface area contributed by atoms with Gasteiger partial charge in [0.25, 0.3) is 0 Å². The van der Waals surface area contributed by atoms with Gasteiger partial charge >= 0.3 is 5.97 Å². The molecule has 0 aliphatic carbocycles. The van der Waals surface area contributed by atoms with Crippen LogP contribution in [-0.2, 0) is 4.74 Å². The maximum absolute atomic E-state index is 13.6. The lowest BCUT2D eigenvalue weighted by atomic mass is 10.1. The van der Waals surface area contributed by atoms with Crippen molar-refractivity contribution in [3.8, 4) is 0 Å². The zero-order valence-electron chi connectivity index (χ0n) is 12.1. The van der Waals surface area contributed by atoms with E-state index in [4.69, 9.17) is 4.74 Å². The topological polar surface area (TPSA) is 51.2 Å². The van der Waals surface area contributed by atoms with Gasteiger partial charge in [-0.05, 0) is 38.0 Å². The fourth-order valence-electron chi connectivity index (χ4n) is 1.85. The van der Waals surface area contributed by atoms with Gasteiger partial charge in [-0.3, -0.25) is 0 Å². The summed E-state index contributed by atoms with van der Waals surface area (Å²) in [6.45, 7) is 5.67. The first kappa shape index (κ1) is 15.4. The van der Waals surface area contributed by atoms with Crippen LogP contribution in [0.15, 0.2) is 23.7 Å². The van der Waals surface area contributed by atoms with Gasteiger partial charge in [0.05, 0.1) is 12.1 Å². The van der Waals surface area contributed by atoms with E-state index in [9.17, 15) is 9.18 Å². The van der Waals surface area contributed by atoms with Crippen molar-refractivity contribution in [2.45, 2.75) is 26.8 Å². The highest BCUT2D eigenvalue weighted by Gasteiger charge is 2.18. The van der Waals surface area contributed by atoms with Crippen LogP contribution in [-0.4, -0.2) is 17.6 Å². The van der Waals surface area contributed by atoms with Crippen molar-refractivity contribution in [3.63, 3.8) is 0 Å². The molecule has 0 saturated carbocycles. The van der Waals surface area contributed by atoms with Gasteiger partial charge in [-0.15, -0.1) is 11.3 Å². The summed E-state index contributed by atoms with van der Waals surface area (Å²) in [6, 6.07) is 4.95. The van der Waals surface area contributed by atoms with Crippen LogP contribution in [0.1, 0.15) is 41.5 Å². The maximum Gasteiger partial charge on any atom is 0.360 e. The number of esters is 1. The summed E-state index contributed by atoms with van der Waals surface area (Å²) >= 11 is 1.32. The lowest BCUT2D eigenvalue weighted by molar-refractivity contribution is 0.0521. The smallest absolute Gasteiger partial charge is 0.360 e. The second-order valence-electron chi connectivity index (χ2n) is 4.63. The largest absolute Gasteiger partial charge is 0.461 e. The monoisotopic (exact) mass is 308 g/mol. The second kappa shape index (κ2) is 6.67. The number of carbonyl (C=O) groups is 1. The third-order valence-corrected chi connectivity index (χ3v) is 3.84. The van der Waals surface area contributed by atoms with E-state index >= 15 is 0 Å². The molecular formula is C15H17FN2O2S. The number of halogens is 1. The Kier molecular flexibility index (Phi) is 4.90. The van der Waals surface area contributed by atoms with Gasteiger partial charge in [0.15, 0.2) is 5.69 Å². The van der Waals surface area contributed by atoms with Gasteiger partial charge in [0, 0.05) is 6.04 Å². The quantitative estimate of drug-likeness (QED) is 0.850. The number of nitrogens with one attached hydrogen (secondary N) is 1. The zero-order chi connectivity index (χ0) is 15.4. The van der Waals surface area contributed by atoms with Crippen LogP contribution in [0.5, 0.6) is 0 Å². The fraction of sp³-hybridized carbons (Fsp3) is 0.333. The van der Waals surface area contributed by atoms with Crippen LogP contribution in [0.2, 0.25) is 0 Å². The highest BCUT2D eigenvalue weighted by molar-refractivity contribution is 7.14. The standard InChI is InChI=1S/C15H17FN2O2S/c1-4-20-15(19)13-14(21-8-17-13)18-10(3)11-6-5-9(2)12(16)7-11/h5-8,10,18H,4H2,1-3H3. The number of nitrogens with zero attached hydrogens (tertiary/aromatic N) is 1. The minimum atomic E-state index is -0.455. The summed E-state index contributed by atoms with van der Waals surface area (Å²) in [4.78, 5) is 15.8. The molecule has 1 atom stereocenters. The summed E-state index contributed by atoms with van der Waals surface area (Å²) in [7, 11) is 0. The van der Waals surface area contributed by atoms with Crippen LogP contribution in [0, 0.1) is 12.7 Å². The fourth-order valence-corrected chi connectivity index (χ4v) is 2.61. The summed E-state index contributed by atoms with van der Waals surface area (Å²) in [5.74, 6) is -0.695. The van der Waals surface area contributed by atoms with Gasteiger partial charge < -0.3 is 10.1 Å². The van der Waals surface area contributed by atoms with Crippen molar-refractivity contribution in [1.82, 2.24) is 4.98 Å². The van der Waals surface area contributed by atoms with E-state index in [0.29, 0.717) is 17.2 Å². The Morgan fingerprint density at radius 1 is 1.52 bits per heavy atom. The van der Waals surface area contributed by atoms with Gasteiger partial charge in [0.1, 0.15) is 10.8 Å². The lowest BCUT2D eigenvalue weighted by Crippen LogP contribution is -2.11. The number of hydrogen-bond acceptors (Lipinski definition) is 5. The molecule has 0 bridgehead atoms. The molecule has 0 saturated heterocycles. The summed E-state index contributed by atoms with van der Waals surface area (Å²) in [5.41, 5.74) is 3.26. The van der Waals surface area contributed by atoms with Gasteiger partial charge in [0.2, 0.25) is 0 Å². The van der Waals surface area contributed by atoms with Gasteiger partial charge in [-0.1, -0.05) is 12.1 Å². The third-order valence-electron chi connectivity index (χ3n) is 3.08. The SMILES string of the molecule is CCOC(=O)c1ncsc1NC(C)c1ccc(C)c(F)c1. The molecule has 6 heteroatoms. The average molecular weight is 308 g/mol. The Bertz CT molecular complexity index is 642. The number of aromatic nitrogens is 1. The number of hydrogen-bond donors (Lipinski definition) is 1. The van der Waals surface area contributed by atoms with E-state index in [1.165, 1.54) is 17.4 Å². The number of anilines is 1. The Labute approximate surface area is 127 Å². The molecule has 2 aromatic rings. The van der Waals surface area contributed by atoms with Crippen molar-refractivity contribution in [2.75, 3.05) is 11.9 Å². The van der Waals surface area contributed by atoms with Crippen molar-refractivity contribution < 1.29 is 13.9 Å². The van der Waals surface area contributed by atoms with Crippen molar-refractivity contribution >= 4 is 22.3 Å². The minimum Gasteiger partial charge on any atom is -0.461 e. The van der Waals surface area contributed by atoms with E-state index in [0.717, 1.165) is 5.56 Å².